The Bertz CT molecular complexity index is 491. The van der Waals surface area contributed by atoms with Crippen molar-refractivity contribution in [3.8, 4) is 5.75 Å². The lowest BCUT2D eigenvalue weighted by atomic mass is 10.0. The maximum Gasteiger partial charge on any atom is 0.328 e. The molecule has 1 rings (SSSR count). The van der Waals surface area contributed by atoms with Crippen LogP contribution in [0.25, 0.3) is 6.08 Å². The third-order valence-corrected chi connectivity index (χ3v) is 2.74. The highest BCUT2D eigenvalue weighted by molar-refractivity contribution is 5.94. The lowest BCUT2D eigenvalue weighted by Crippen LogP contribution is -2.44. The molecule has 0 spiro atoms. The van der Waals surface area contributed by atoms with Crippen LogP contribution in [0.1, 0.15) is 19.4 Å². The van der Waals surface area contributed by atoms with Crippen LogP contribution >= 0.6 is 0 Å². The third kappa shape index (κ3) is 4.76. The Kier molecular flexibility index (Phi) is 5.77. The van der Waals surface area contributed by atoms with Crippen molar-refractivity contribution in [1.29, 1.82) is 0 Å². The zero-order chi connectivity index (χ0) is 15.1. The van der Waals surface area contributed by atoms with Gasteiger partial charge in [0.25, 0.3) is 0 Å². The Balaban J connectivity index is 2.66. The normalized spacial score (nSPS) is 12.4. The second-order valence-electron chi connectivity index (χ2n) is 4.68. The van der Waals surface area contributed by atoms with E-state index in [9.17, 15) is 9.59 Å². The number of ether oxygens (including phenoxy) is 1. The van der Waals surface area contributed by atoms with Gasteiger partial charge in [-0.15, -0.1) is 0 Å². The van der Waals surface area contributed by atoms with Gasteiger partial charge in [0.05, 0.1) is 7.11 Å². The van der Waals surface area contributed by atoms with Crippen LogP contribution in [0.15, 0.2) is 30.3 Å². The SMILES string of the molecule is COC(=O)C(NC(=O)/C=C/c1ccc(O)cc1)C(C)C. The van der Waals surface area contributed by atoms with Crippen LogP contribution in [0, 0.1) is 5.92 Å². The second kappa shape index (κ2) is 7.33. The number of hydrogen-bond acceptors (Lipinski definition) is 4. The summed E-state index contributed by atoms with van der Waals surface area (Å²) in [5.41, 5.74) is 0.775. The minimum absolute atomic E-state index is 0.0616. The number of rotatable bonds is 5. The molecular formula is C15H19NO4. The number of aromatic hydroxyl groups is 1. The molecule has 0 aliphatic rings. The van der Waals surface area contributed by atoms with E-state index < -0.39 is 12.0 Å². The molecule has 0 aliphatic heterocycles. The van der Waals surface area contributed by atoms with Gasteiger partial charge in [-0.25, -0.2) is 4.79 Å². The molecule has 2 N–H and O–H groups in total. The van der Waals surface area contributed by atoms with Crippen LogP contribution in [0.3, 0.4) is 0 Å². The quantitative estimate of drug-likeness (QED) is 0.634. The maximum absolute atomic E-state index is 11.8. The Morgan fingerprint density at radius 3 is 2.35 bits per heavy atom. The molecular weight excluding hydrogens is 258 g/mol. The number of esters is 1. The molecule has 1 aromatic rings. The molecule has 1 aromatic carbocycles. The van der Waals surface area contributed by atoms with Crippen molar-refractivity contribution in [1.82, 2.24) is 5.32 Å². The molecule has 0 aliphatic carbocycles. The van der Waals surface area contributed by atoms with Crippen molar-refractivity contribution < 1.29 is 19.4 Å². The summed E-state index contributed by atoms with van der Waals surface area (Å²) in [6.07, 6.45) is 2.94. The molecule has 5 nitrogen and oxygen atoms in total. The van der Waals surface area contributed by atoms with Crippen molar-refractivity contribution >= 4 is 18.0 Å². The smallest absolute Gasteiger partial charge is 0.328 e. The highest BCUT2D eigenvalue weighted by Crippen LogP contribution is 2.10. The topological polar surface area (TPSA) is 75.6 Å². The number of hydrogen-bond donors (Lipinski definition) is 2. The van der Waals surface area contributed by atoms with E-state index in [2.05, 4.69) is 10.1 Å². The van der Waals surface area contributed by atoms with Crippen molar-refractivity contribution in [2.75, 3.05) is 7.11 Å². The highest BCUT2D eigenvalue weighted by Gasteiger charge is 2.23. The first-order chi connectivity index (χ1) is 9.43. The lowest BCUT2D eigenvalue weighted by molar-refractivity contribution is -0.145. The predicted molar refractivity (Wildman–Crippen MR) is 75.9 cm³/mol. The van der Waals surface area contributed by atoms with Gasteiger partial charge in [0.2, 0.25) is 5.91 Å². The summed E-state index contributed by atoms with van der Waals surface area (Å²) in [5.74, 6) is -0.737. The van der Waals surface area contributed by atoms with Gasteiger partial charge in [0.1, 0.15) is 11.8 Å². The average molecular weight is 277 g/mol. The van der Waals surface area contributed by atoms with Crippen LogP contribution < -0.4 is 5.32 Å². The van der Waals surface area contributed by atoms with E-state index in [0.29, 0.717) is 0 Å². The van der Waals surface area contributed by atoms with Gasteiger partial charge in [-0.3, -0.25) is 4.79 Å². The molecule has 0 radical (unpaired) electrons. The number of carbonyl (C=O) groups is 2. The van der Waals surface area contributed by atoms with Gasteiger partial charge in [-0.1, -0.05) is 26.0 Å². The second-order valence-corrected chi connectivity index (χ2v) is 4.68. The standard InChI is InChI=1S/C15H19NO4/c1-10(2)14(15(19)20-3)16-13(18)9-6-11-4-7-12(17)8-5-11/h4-10,14,17H,1-3H3,(H,16,18)/b9-6+. The molecule has 1 unspecified atom stereocenters. The van der Waals surface area contributed by atoms with E-state index in [1.165, 1.54) is 25.3 Å². The fourth-order valence-electron chi connectivity index (χ4n) is 1.58. The third-order valence-electron chi connectivity index (χ3n) is 2.74. The van der Waals surface area contributed by atoms with Crippen LogP contribution in [0.5, 0.6) is 5.75 Å². The molecule has 0 fully saturated rings. The van der Waals surface area contributed by atoms with E-state index in [0.717, 1.165) is 5.56 Å². The number of phenolic OH excluding ortho intramolecular Hbond substituents is 1. The van der Waals surface area contributed by atoms with Gasteiger partial charge >= 0.3 is 5.97 Å². The maximum atomic E-state index is 11.8. The fraction of sp³-hybridized carbons (Fsp3) is 0.333. The van der Waals surface area contributed by atoms with Crippen LogP contribution in [-0.4, -0.2) is 30.1 Å². The molecule has 5 heteroatoms. The summed E-state index contributed by atoms with van der Waals surface area (Å²) in [7, 11) is 1.29. The molecule has 0 bridgehead atoms. The Hall–Kier alpha value is -2.30. The zero-order valence-corrected chi connectivity index (χ0v) is 11.8. The molecule has 0 aromatic heterocycles. The van der Waals surface area contributed by atoms with Crippen molar-refractivity contribution in [3.05, 3.63) is 35.9 Å². The van der Waals surface area contributed by atoms with Gasteiger partial charge in [0, 0.05) is 6.08 Å². The van der Waals surface area contributed by atoms with E-state index in [1.54, 1.807) is 18.2 Å². The van der Waals surface area contributed by atoms with E-state index in [4.69, 9.17) is 5.11 Å². The van der Waals surface area contributed by atoms with Gasteiger partial charge < -0.3 is 15.2 Å². The summed E-state index contributed by atoms with van der Waals surface area (Å²) in [6, 6.07) is 5.75. The van der Waals surface area contributed by atoms with Crippen LogP contribution in [0.4, 0.5) is 0 Å². The van der Waals surface area contributed by atoms with Gasteiger partial charge in [-0.05, 0) is 29.7 Å². The molecule has 0 heterocycles. The minimum atomic E-state index is -0.669. The number of benzene rings is 1. The first-order valence-electron chi connectivity index (χ1n) is 6.29. The molecule has 1 atom stereocenters. The minimum Gasteiger partial charge on any atom is -0.508 e. The summed E-state index contributed by atoms with van der Waals surface area (Å²) in [5, 5.41) is 11.7. The Labute approximate surface area is 118 Å². The van der Waals surface area contributed by atoms with Gasteiger partial charge in [0.15, 0.2) is 0 Å². The molecule has 20 heavy (non-hydrogen) atoms. The van der Waals surface area contributed by atoms with Gasteiger partial charge in [-0.2, -0.15) is 0 Å². The Morgan fingerprint density at radius 1 is 1.25 bits per heavy atom. The van der Waals surface area contributed by atoms with Crippen molar-refractivity contribution in [3.63, 3.8) is 0 Å². The summed E-state index contributed by atoms with van der Waals surface area (Å²) < 4.78 is 4.64. The molecule has 108 valence electrons. The highest BCUT2D eigenvalue weighted by atomic mass is 16.5. The monoisotopic (exact) mass is 277 g/mol. The van der Waals surface area contributed by atoms with Crippen molar-refractivity contribution in [2.45, 2.75) is 19.9 Å². The summed E-state index contributed by atoms with van der Waals surface area (Å²) in [6.45, 7) is 3.65. The number of carbonyl (C=O) groups excluding carboxylic acids is 2. The molecule has 1 amide bonds. The number of phenols is 1. The van der Waals surface area contributed by atoms with E-state index in [1.807, 2.05) is 13.8 Å². The average Bonchev–Trinajstić information content (AvgIpc) is 2.43. The predicted octanol–water partition coefficient (Wildman–Crippen LogP) is 1.72. The lowest BCUT2D eigenvalue weighted by Gasteiger charge is -2.18. The number of nitrogens with one attached hydrogen (secondary N) is 1. The molecule has 0 saturated carbocycles. The largest absolute Gasteiger partial charge is 0.508 e. The number of amides is 1. The van der Waals surface area contributed by atoms with E-state index in [-0.39, 0.29) is 17.6 Å². The fourth-order valence-corrected chi connectivity index (χ4v) is 1.58. The van der Waals surface area contributed by atoms with Crippen LogP contribution in [0.2, 0.25) is 0 Å². The van der Waals surface area contributed by atoms with E-state index >= 15 is 0 Å². The summed E-state index contributed by atoms with van der Waals surface area (Å²) in [4.78, 5) is 23.3. The first-order valence-corrected chi connectivity index (χ1v) is 6.29. The first kappa shape index (κ1) is 15.8. The Morgan fingerprint density at radius 2 is 1.85 bits per heavy atom. The summed E-state index contributed by atoms with van der Waals surface area (Å²) >= 11 is 0. The molecule has 0 saturated heterocycles. The van der Waals surface area contributed by atoms with Crippen molar-refractivity contribution in [2.24, 2.45) is 5.92 Å². The zero-order valence-electron chi connectivity index (χ0n) is 11.8. The van der Waals surface area contributed by atoms with Crippen LogP contribution in [-0.2, 0) is 14.3 Å². The number of methoxy groups -OCH3 is 1.